The largest absolute Gasteiger partial charge is 0.496 e. The molecule has 172 valence electrons. The van der Waals surface area contributed by atoms with Gasteiger partial charge in [0.2, 0.25) is 5.89 Å². The normalized spacial score (nSPS) is 12.4. The number of para-hydroxylation sites is 1. The van der Waals surface area contributed by atoms with Crippen LogP contribution in [0.25, 0.3) is 22.4 Å². The number of ether oxygens (including phenoxy) is 2. The van der Waals surface area contributed by atoms with Crippen LogP contribution in [0, 0.1) is 6.92 Å². The summed E-state index contributed by atoms with van der Waals surface area (Å²) in [7, 11) is 1.63. The number of carbonyl (C=O) groups is 1. The van der Waals surface area contributed by atoms with Crippen molar-refractivity contribution in [2.45, 2.75) is 45.9 Å². The van der Waals surface area contributed by atoms with Crippen molar-refractivity contribution >= 4 is 16.9 Å². The third kappa shape index (κ3) is 4.93. The lowest BCUT2D eigenvalue weighted by Crippen LogP contribution is -2.29. The van der Waals surface area contributed by atoms with Gasteiger partial charge < -0.3 is 23.6 Å². The lowest BCUT2D eigenvalue weighted by Gasteiger charge is -2.16. The smallest absolute Gasteiger partial charge is 0.333 e. The molecular weight excluding hydrogens is 420 g/mol. The molecule has 2 heterocycles. The van der Waals surface area contributed by atoms with Crippen molar-refractivity contribution in [3.8, 4) is 17.2 Å². The molecule has 1 unspecified atom stereocenters. The van der Waals surface area contributed by atoms with Crippen molar-refractivity contribution in [3.63, 3.8) is 0 Å². The molecule has 7 heteroatoms. The van der Waals surface area contributed by atoms with Gasteiger partial charge in [-0.2, -0.15) is 0 Å². The van der Waals surface area contributed by atoms with Crippen LogP contribution >= 0.6 is 0 Å². The van der Waals surface area contributed by atoms with Crippen LogP contribution in [-0.2, 0) is 22.5 Å². The summed E-state index contributed by atoms with van der Waals surface area (Å²) in [5.74, 6) is 1.05. The van der Waals surface area contributed by atoms with Gasteiger partial charge in [0.05, 0.1) is 25.3 Å². The van der Waals surface area contributed by atoms with E-state index in [0.717, 1.165) is 33.5 Å². The number of oxazole rings is 1. The second-order valence-corrected chi connectivity index (χ2v) is 8.27. The van der Waals surface area contributed by atoms with Gasteiger partial charge >= 0.3 is 5.97 Å². The number of carboxylic acids is 1. The highest BCUT2D eigenvalue weighted by atomic mass is 16.5. The van der Waals surface area contributed by atoms with Gasteiger partial charge in [0.25, 0.3) is 0 Å². The average molecular weight is 449 g/mol. The molecule has 2 aromatic heterocycles. The third-order valence-corrected chi connectivity index (χ3v) is 5.52. The molecule has 0 bridgehead atoms. The Labute approximate surface area is 192 Å². The molecule has 0 radical (unpaired) electrons. The molecular formula is C26H28N2O5. The Morgan fingerprint density at radius 2 is 1.97 bits per heavy atom. The Morgan fingerprint density at radius 3 is 2.70 bits per heavy atom. The second-order valence-electron chi connectivity index (χ2n) is 8.27. The Morgan fingerprint density at radius 1 is 1.18 bits per heavy atom. The number of hydrogen-bond acceptors (Lipinski definition) is 5. The number of carboxylic acid groups (broad SMARTS) is 1. The first kappa shape index (κ1) is 22.6. The summed E-state index contributed by atoms with van der Waals surface area (Å²) in [4.78, 5) is 16.3. The zero-order valence-electron chi connectivity index (χ0n) is 19.2. The number of benzene rings is 2. The average Bonchev–Trinajstić information content (AvgIpc) is 3.36. The van der Waals surface area contributed by atoms with Gasteiger partial charge in [-0.1, -0.05) is 18.2 Å². The maximum absolute atomic E-state index is 11.5. The van der Waals surface area contributed by atoms with E-state index in [-0.39, 0.29) is 6.10 Å². The highest BCUT2D eigenvalue weighted by Gasteiger charge is 2.21. The van der Waals surface area contributed by atoms with Crippen LogP contribution in [-0.4, -0.2) is 39.9 Å². The molecule has 0 amide bonds. The number of methoxy groups -OCH3 is 1. The minimum absolute atomic E-state index is 0.151. The summed E-state index contributed by atoms with van der Waals surface area (Å²) in [5.41, 5.74) is 3.61. The molecule has 4 aromatic rings. The van der Waals surface area contributed by atoms with Crippen LogP contribution in [0.5, 0.6) is 5.75 Å². The summed E-state index contributed by atoms with van der Waals surface area (Å²) >= 11 is 0. The van der Waals surface area contributed by atoms with Crippen molar-refractivity contribution < 1.29 is 23.8 Å². The Bertz CT molecular complexity index is 1270. The van der Waals surface area contributed by atoms with Gasteiger partial charge in [-0.15, -0.1) is 0 Å². The van der Waals surface area contributed by atoms with Gasteiger partial charge in [-0.3, -0.25) is 0 Å². The van der Waals surface area contributed by atoms with E-state index in [0.29, 0.717) is 24.6 Å². The number of aryl methyl sites for hydroxylation is 1. The minimum atomic E-state index is -0.950. The summed E-state index contributed by atoms with van der Waals surface area (Å²) < 4.78 is 19.0. The van der Waals surface area contributed by atoms with Crippen LogP contribution in [0.2, 0.25) is 0 Å². The van der Waals surface area contributed by atoms with Crippen LogP contribution in [0.15, 0.2) is 59.1 Å². The Hall–Kier alpha value is -3.58. The van der Waals surface area contributed by atoms with Crippen LogP contribution < -0.4 is 4.74 Å². The molecule has 0 aliphatic heterocycles. The first-order chi connectivity index (χ1) is 15.9. The minimum Gasteiger partial charge on any atom is -0.496 e. The lowest BCUT2D eigenvalue weighted by molar-refractivity contribution is -0.153. The van der Waals surface area contributed by atoms with E-state index in [1.54, 1.807) is 7.11 Å². The van der Waals surface area contributed by atoms with Gasteiger partial charge in [0.1, 0.15) is 17.2 Å². The quantitative estimate of drug-likeness (QED) is 0.384. The molecule has 1 N–H and O–H groups in total. The maximum Gasteiger partial charge on any atom is 0.333 e. The van der Waals surface area contributed by atoms with E-state index in [4.69, 9.17) is 18.9 Å². The topological polar surface area (TPSA) is 86.7 Å². The fraction of sp³-hybridized carbons (Fsp3) is 0.308. The van der Waals surface area contributed by atoms with E-state index >= 15 is 0 Å². The number of fused-ring (bicyclic) bond motifs is 1. The molecule has 0 fully saturated rings. The van der Waals surface area contributed by atoms with Gasteiger partial charge in [0.15, 0.2) is 6.10 Å². The molecule has 0 saturated heterocycles. The summed E-state index contributed by atoms with van der Waals surface area (Å²) in [6.07, 6.45) is 1.31. The molecule has 0 saturated carbocycles. The number of aromatic nitrogens is 2. The van der Waals surface area contributed by atoms with E-state index in [9.17, 15) is 9.90 Å². The number of hydrogen-bond donors (Lipinski definition) is 1. The molecule has 33 heavy (non-hydrogen) atoms. The van der Waals surface area contributed by atoms with E-state index in [2.05, 4.69) is 4.57 Å². The highest BCUT2D eigenvalue weighted by Crippen LogP contribution is 2.31. The molecule has 0 spiro atoms. The molecule has 0 aliphatic rings. The Balaban J connectivity index is 1.57. The van der Waals surface area contributed by atoms with Crippen LogP contribution in [0.1, 0.15) is 30.9 Å². The second kappa shape index (κ2) is 9.50. The van der Waals surface area contributed by atoms with Gasteiger partial charge in [0, 0.05) is 18.1 Å². The predicted octanol–water partition coefficient (Wildman–Crippen LogP) is 5.08. The molecule has 7 nitrogen and oxygen atoms in total. The van der Waals surface area contributed by atoms with Gasteiger partial charge in [-0.25, -0.2) is 9.78 Å². The van der Waals surface area contributed by atoms with E-state index in [1.807, 2.05) is 75.5 Å². The van der Waals surface area contributed by atoms with Crippen molar-refractivity contribution in [1.82, 2.24) is 9.55 Å². The Kier molecular flexibility index (Phi) is 6.51. The maximum atomic E-state index is 11.5. The zero-order chi connectivity index (χ0) is 23.5. The zero-order valence-corrected chi connectivity index (χ0v) is 19.2. The standard InChI is InChI=1S/C26H28N2O5/c1-16(2)32-24(26(29)30)14-18-9-10-22-19(13-18)11-12-28(22)15-21-17(3)33-25(27-21)20-7-5-6-8-23(20)31-4/h5-13,16,24H,14-15H2,1-4H3,(H,29,30). The summed E-state index contributed by atoms with van der Waals surface area (Å²) in [6, 6.07) is 15.6. The lowest BCUT2D eigenvalue weighted by atomic mass is 10.1. The van der Waals surface area contributed by atoms with Gasteiger partial charge in [-0.05, 0) is 62.1 Å². The monoisotopic (exact) mass is 448 g/mol. The number of aliphatic carboxylic acids is 1. The fourth-order valence-electron chi connectivity index (χ4n) is 3.92. The summed E-state index contributed by atoms with van der Waals surface area (Å²) in [6.45, 7) is 6.14. The number of rotatable bonds is 9. The SMILES string of the molecule is COc1ccccc1-c1nc(Cn2ccc3cc(CC(OC(C)C)C(=O)O)ccc32)c(C)o1. The van der Waals surface area contributed by atoms with Crippen molar-refractivity contribution in [2.24, 2.45) is 0 Å². The predicted molar refractivity (Wildman–Crippen MR) is 126 cm³/mol. The van der Waals surface area contributed by atoms with E-state index in [1.165, 1.54) is 0 Å². The van der Waals surface area contributed by atoms with Crippen LogP contribution in [0.4, 0.5) is 0 Å². The molecule has 1 atom stereocenters. The third-order valence-electron chi connectivity index (χ3n) is 5.52. The molecule has 4 rings (SSSR count). The van der Waals surface area contributed by atoms with Crippen LogP contribution in [0.3, 0.4) is 0 Å². The first-order valence-electron chi connectivity index (χ1n) is 10.9. The highest BCUT2D eigenvalue weighted by molar-refractivity contribution is 5.81. The molecule has 2 aromatic carbocycles. The van der Waals surface area contributed by atoms with Crippen molar-refractivity contribution in [2.75, 3.05) is 7.11 Å². The molecule has 0 aliphatic carbocycles. The first-order valence-corrected chi connectivity index (χ1v) is 10.9. The number of nitrogens with zero attached hydrogens (tertiary/aromatic N) is 2. The fourth-order valence-corrected chi connectivity index (χ4v) is 3.92. The van der Waals surface area contributed by atoms with Crippen molar-refractivity contribution in [3.05, 3.63) is 71.7 Å². The van der Waals surface area contributed by atoms with E-state index < -0.39 is 12.1 Å². The summed E-state index contributed by atoms with van der Waals surface area (Å²) in [5, 5.41) is 10.5. The van der Waals surface area contributed by atoms with Crippen molar-refractivity contribution in [1.29, 1.82) is 0 Å².